The summed E-state index contributed by atoms with van der Waals surface area (Å²) in [6.45, 7) is 4.36. The van der Waals surface area contributed by atoms with Crippen LogP contribution in [0.4, 0.5) is 5.69 Å². The second-order valence-corrected chi connectivity index (χ2v) is 7.61. The summed E-state index contributed by atoms with van der Waals surface area (Å²) in [5.41, 5.74) is 7.19. The van der Waals surface area contributed by atoms with Crippen LogP contribution in [0.2, 0.25) is 0 Å². The lowest BCUT2D eigenvalue weighted by atomic mass is 9.98. The van der Waals surface area contributed by atoms with E-state index in [1.165, 1.54) is 11.3 Å². The van der Waals surface area contributed by atoms with Crippen LogP contribution in [0.1, 0.15) is 45.6 Å². The molecule has 1 fully saturated rings. The number of carbonyl (C=O) groups is 2. The van der Waals surface area contributed by atoms with Crippen LogP contribution in [0, 0.1) is 5.92 Å². The highest BCUT2D eigenvalue weighted by atomic mass is 35.5. The van der Waals surface area contributed by atoms with Gasteiger partial charge in [-0.2, -0.15) is 0 Å². The number of nitrogens with one attached hydrogen (secondary N) is 1. The number of rotatable bonds is 5. The molecule has 3 N–H and O–H groups in total. The van der Waals surface area contributed by atoms with Crippen LogP contribution in [-0.4, -0.2) is 41.3 Å². The van der Waals surface area contributed by atoms with Gasteiger partial charge in [0.25, 0.3) is 11.8 Å². The molecule has 0 aliphatic carbocycles. The molecule has 0 spiro atoms. The molecule has 1 aliphatic heterocycles. The molecule has 6 nitrogen and oxygen atoms in total. The molecule has 2 aromatic rings. The van der Waals surface area contributed by atoms with E-state index < -0.39 is 0 Å². The van der Waals surface area contributed by atoms with Gasteiger partial charge >= 0.3 is 0 Å². The van der Waals surface area contributed by atoms with Crippen molar-refractivity contribution in [2.75, 3.05) is 25.0 Å². The molecule has 1 aromatic heterocycles. The minimum Gasteiger partial charge on any atom is -0.339 e. The summed E-state index contributed by atoms with van der Waals surface area (Å²) in [7, 11) is 0. The number of halogens is 1. The van der Waals surface area contributed by atoms with Gasteiger partial charge in [-0.15, -0.1) is 23.7 Å². The number of hydrogen-bond donors (Lipinski definition) is 2. The zero-order valence-electron chi connectivity index (χ0n) is 15.3. The third-order valence-corrected chi connectivity index (χ3v) is 5.51. The first-order chi connectivity index (χ1) is 12.6. The number of piperidine rings is 1. The van der Waals surface area contributed by atoms with Crippen LogP contribution in [0.15, 0.2) is 29.6 Å². The number of anilines is 1. The molecule has 27 heavy (non-hydrogen) atoms. The van der Waals surface area contributed by atoms with Crippen LogP contribution in [-0.2, 0) is 6.42 Å². The molecule has 0 bridgehead atoms. The molecular weight excluding hydrogens is 384 g/mol. The van der Waals surface area contributed by atoms with Gasteiger partial charge in [0.2, 0.25) is 0 Å². The van der Waals surface area contributed by atoms with Gasteiger partial charge in [-0.05, 0) is 49.6 Å². The second kappa shape index (κ2) is 9.82. The minimum atomic E-state index is -0.256. The average Bonchev–Trinajstić information content (AvgIpc) is 3.12. The topological polar surface area (TPSA) is 88.3 Å². The quantitative estimate of drug-likeness (QED) is 0.795. The number of nitrogens with two attached hydrogens (primary N) is 1. The summed E-state index contributed by atoms with van der Waals surface area (Å²) in [6.07, 6.45) is 2.78. The number of carbonyl (C=O) groups excluding carboxylic acids is 2. The van der Waals surface area contributed by atoms with Crippen LogP contribution in [0.5, 0.6) is 0 Å². The van der Waals surface area contributed by atoms with E-state index in [-0.39, 0.29) is 24.2 Å². The molecule has 8 heteroatoms. The monoisotopic (exact) mass is 408 g/mol. The van der Waals surface area contributed by atoms with Gasteiger partial charge in [-0.3, -0.25) is 9.59 Å². The lowest BCUT2D eigenvalue weighted by molar-refractivity contribution is 0.0697. The van der Waals surface area contributed by atoms with Crippen LogP contribution < -0.4 is 11.1 Å². The summed E-state index contributed by atoms with van der Waals surface area (Å²) in [6, 6.07) is 7.03. The van der Waals surface area contributed by atoms with E-state index in [0.717, 1.165) is 30.9 Å². The molecule has 146 valence electrons. The Kier molecular flexibility index (Phi) is 7.77. The van der Waals surface area contributed by atoms with Crippen molar-refractivity contribution in [1.82, 2.24) is 9.88 Å². The van der Waals surface area contributed by atoms with E-state index in [1.807, 2.05) is 4.90 Å². The number of amides is 2. The van der Waals surface area contributed by atoms with E-state index in [4.69, 9.17) is 5.73 Å². The number of hydrogen-bond acceptors (Lipinski definition) is 5. The van der Waals surface area contributed by atoms with Crippen LogP contribution >= 0.6 is 23.7 Å². The van der Waals surface area contributed by atoms with Crippen molar-refractivity contribution in [2.24, 2.45) is 11.7 Å². The Morgan fingerprint density at radius 2 is 1.93 bits per heavy atom. The van der Waals surface area contributed by atoms with Crippen LogP contribution in [0.25, 0.3) is 0 Å². The van der Waals surface area contributed by atoms with Crippen molar-refractivity contribution < 1.29 is 9.59 Å². The fraction of sp³-hybridized carbons (Fsp3) is 0.421. The van der Waals surface area contributed by atoms with Crippen molar-refractivity contribution in [2.45, 2.75) is 26.2 Å². The Morgan fingerprint density at radius 3 is 2.56 bits per heavy atom. The lowest BCUT2D eigenvalue weighted by Crippen LogP contribution is -2.37. The van der Waals surface area contributed by atoms with E-state index in [9.17, 15) is 9.59 Å². The number of nitrogens with zero attached hydrogens (tertiary/aromatic N) is 2. The molecule has 2 amide bonds. The zero-order valence-corrected chi connectivity index (χ0v) is 16.9. The lowest BCUT2D eigenvalue weighted by Gasteiger charge is -2.30. The first-order valence-corrected chi connectivity index (χ1v) is 9.80. The number of likely N-dealkylation sites (tertiary alicyclic amines) is 1. The fourth-order valence-corrected chi connectivity index (χ4v) is 3.73. The van der Waals surface area contributed by atoms with Crippen molar-refractivity contribution in [3.05, 3.63) is 45.9 Å². The van der Waals surface area contributed by atoms with Gasteiger partial charge in [0.1, 0.15) is 5.69 Å². The fourth-order valence-electron chi connectivity index (χ4n) is 2.94. The second-order valence-electron chi connectivity index (χ2n) is 6.67. The van der Waals surface area contributed by atoms with Gasteiger partial charge in [-0.25, -0.2) is 4.98 Å². The molecule has 1 saturated heterocycles. The van der Waals surface area contributed by atoms with Gasteiger partial charge in [-0.1, -0.05) is 6.92 Å². The van der Waals surface area contributed by atoms with E-state index in [1.54, 1.807) is 29.6 Å². The number of thiazole rings is 1. The standard InChI is InChI=1S/C19H24N4O2S.ClH/c1-13-7-10-23(11-8-13)19(25)14-2-4-15(5-3-14)21-18(24)16-12-26-17(22-16)6-9-20;/h2-5,12-13H,6-11,20H2,1H3,(H,21,24);1H. The minimum absolute atomic E-state index is 0. The summed E-state index contributed by atoms with van der Waals surface area (Å²) in [5, 5.41) is 5.40. The Bertz CT molecular complexity index is 770. The molecule has 2 heterocycles. The molecule has 0 radical (unpaired) electrons. The highest BCUT2D eigenvalue weighted by Gasteiger charge is 2.21. The van der Waals surface area contributed by atoms with Crippen molar-refractivity contribution >= 4 is 41.2 Å². The maximum absolute atomic E-state index is 12.5. The summed E-state index contributed by atoms with van der Waals surface area (Å²) in [5.74, 6) is 0.488. The highest BCUT2D eigenvalue weighted by Crippen LogP contribution is 2.19. The molecule has 3 rings (SSSR count). The van der Waals surface area contributed by atoms with Gasteiger partial charge in [0, 0.05) is 36.1 Å². The van der Waals surface area contributed by atoms with Crippen molar-refractivity contribution in [1.29, 1.82) is 0 Å². The van der Waals surface area contributed by atoms with E-state index in [2.05, 4.69) is 17.2 Å². The Morgan fingerprint density at radius 1 is 1.26 bits per heavy atom. The van der Waals surface area contributed by atoms with E-state index in [0.29, 0.717) is 35.8 Å². The molecule has 1 aromatic carbocycles. The first-order valence-electron chi connectivity index (χ1n) is 8.92. The van der Waals surface area contributed by atoms with Gasteiger partial charge < -0.3 is 16.0 Å². The Labute approximate surface area is 169 Å². The van der Waals surface area contributed by atoms with Gasteiger partial charge in [0.15, 0.2) is 0 Å². The molecule has 1 aliphatic rings. The third-order valence-electron chi connectivity index (χ3n) is 4.60. The van der Waals surface area contributed by atoms with Crippen LogP contribution in [0.3, 0.4) is 0 Å². The van der Waals surface area contributed by atoms with E-state index >= 15 is 0 Å². The summed E-state index contributed by atoms with van der Waals surface area (Å²) < 4.78 is 0. The normalized spacial score (nSPS) is 14.5. The number of benzene rings is 1. The molecule has 0 atom stereocenters. The molecule has 0 unspecified atom stereocenters. The van der Waals surface area contributed by atoms with Crippen molar-refractivity contribution in [3.63, 3.8) is 0 Å². The Hall–Kier alpha value is -1.96. The number of aromatic nitrogens is 1. The maximum Gasteiger partial charge on any atom is 0.275 e. The third kappa shape index (κ3) is 5.51. The first kappa shape index (κ1) is 21.3. The molecular formula is C19H25ClN4O2S. The predicted molar refractivity (Wildman–Crippen MR) is 111 cm³/mol. The van der Waals surface area contributed by atoms with Crippen molar-refractivity contribution in [3.8, 4) is 0 Å². The molecule has 0 saturated carbocycles. The summed E-state index contributed by atoms with van der Waals surface area (Å²) >= 11 is 1.43. The SMILES string of the molecule is CC1CCN(C(=O)c2ccc(NC(=O)c3csc(CCN)n3)cc2)CC1.Cl. The highest BCUT2D eigenvalue weighted by molar-refractivity contribution is 7.09. The predicted octanol–water partition coefficient (Wildman–Crippen LogP) is 3.19. The smallest absolute Gasteiger partial charge is 0.275 e. The summed E-state index contributed by atoms with van der Waals surface area (Å²) in [4.78, 5) is 31.0. The zero-order chi connectivity index (χ0) is 18.5. The van der Waals surface area contributed by atoms with Gasteiger partial charge in [0.05, 0.1) is 5.01 Å². The largest absolute Gasteiger partial charge is 0.339 e. The maximum atomic E-state index is 12.5. The Balaban J connectivity index is 0.00000261. The average molecular weight is 409 g/mol.